The third-order valence-corrected chi connectivity index (χ3v) is 5.63. The largest absolute Gasteiger partial charge is 0.444 e. The molecule has 0 aromatic carbocycles. The Morgan fingerprint density at radius 3 is 2.48 bits per heavy atom. The smallest absolute Gasteiger partial charge is 0.410 e. The van der Waals surface area contributed by atoms with Crippen molar-refractivity contribution in [3.8, 4) is 6.07 Å². The molecular weight excluding hydrogens is 292 g/mol. The van der Waals surface area contributed by atoms with Crippen molar-refractivity contribution in [1.82, 2.24) is 4.90 Å². The van der Waals surface area contributed by atoms with E-state index < -0.39 is 11.7 Å². The number of nitrogens with zero attached hydrogens (tertiary/aromatic N) is 2. The average molecular weight is 322 g/mol. The molecule has 1 saturated carbocycles. The van der Waals surface area contributed by atoms with Gasteiger partial charge in [-0.15, -0.1) is 0 Å². The summed E-state index contributed by atoms with van der Waals surface area (Å²) in [7, 11) is 0. The highest BCUT2D eigenvalue weighted by Gasteiger charge is 2.57. The van der Waals surface area contributed by atoms with Crippen LogP contribution in [0.1, 0.15) is 54.4 Å². The van der Waals surface area contributed by atoms with Crippen molar-refractivity contribution in [1.29, 1.82) is 5.26 Å². The summed E-state index contributed by atoms with van der Waals surface area (Å²) in [6.45, 7) is 13.1. The highest BCUT2D eigenvalue weighted by Crippen LogP contribution is 2.56. The number of amides is 1. The van der Waals surface area contributed by atoms with Crippen molar-refractivity contribution in [3.63, 3.8) is 0 Å². The fourth-order valence-electron chi connectivity index (χ4n) is 4.67. The molecule has 0 aromatic heterocycles. The monoisotopic (exact) mass is 322 g/mol. The number of carbonyl (C=O) groups excluding carboxylic acids is 1. The molecule has 1 heterocycles. The maximum Gasteiger partial charge on any atom is 0.410 e. The van der Waals surface area contributed by atoms with Crippen molar-refractivity contribution < 1.29 is 14.6 Å². The number of nitriles is 1. The van der Waals surface area contributed by atoms with Gasteiger partial charge in [0.2, 0.25) is 0 Å². The van der Waals surface area contributed by atoms with E-state index in [0.29, 0.717) is 19.5 Å². The minimum absolute atomic E-state index is 0.168. The van der Waals surface area contributed by atoms with Gasteiger partial charge in [-0.2, -0.15) is 5.26 Å². The lowest BCUT2D eigenvalue weighted by Crippen LogP contribution is -2.61. The van der Waals surface area contributed by atoms with Crippen molar-refractivity contribution in [2.24, 2.45) is 22.7 Å². The first-order chi connectivity index (χ1) is 10.4. The van der Waals surface area contributed by atoms with Crippen LogP contribution in [-0.4, -0.2) is 40.9 Å². The molecule has 4 unspecified atom stereocenters. The van der Waals surface area contributed by atoms with Crippen LogP contribution in [0.3, 0.4) is 0 Å². The van der Waals surface area contributed by atoms with E-state index in [4.69, 9.17) is 4.74 Å². The van der Waals surface area contributed by atoms with E-state index in [0.717, 1.165) is 6.42 Å². The van der Waals surface area contributed by atoms with Gasteiger partial charge in [0.1, 0.15) is 5.60 Å². The SMILES string of the molecule is CC(C)(C)OC(=O)N1CCC2C(C)(CC(C#N)C(O)C2(C)C)C1. The van der Waals surface area contributed by atoms with E-state index in [1.54, 1.807) is 4.90 Å². The lowest BCUT2D eigenvalue weighted by molar-refractivity contribution is -0.142. The predicted molar refractivity (Wildman–Crippen MR) is 87.5 cm³/mol. The van der Waals surface area contributed by atoms with Crippen LogP contribution >= 0.6 is 0 Å². The van der Waals surface area contributed by atoms with E-state index in [9.17, 15) is 15.2 Å². The zero-order valence-electron chi connectivity index (χ0n) is 15.2. The van der Waals surface area contributed by atoms with Gasteiger partial charge in [0.15, 0.2) is 0 Å². The van der Waals surface area contributed by atoms with Crippen molar-refractivity contribution >= 4 is 6.09 Å². The first-order valence-corrected chi connectivity index (χ1v) is 8.46. The second-order valence-electron chi connectivity index (χ2n) is 9.10. The molecule has 5 nitrogen and oxygen atoms in total. The lowest BCUT2D eigenvalue weighted by Gasteiger charge is -2.58. The van der Waals surface area contributed by atoms with E-state index in [1.807, 2.05) is 34.6 Å². The predicted octanol–water partition coefficient (Wildman–Crippen LogP) is 3.18. The zero-order valence-corrected chi connectivity index (χ0v) is 15.2. The van der Waals surface area contributed by atoms with Crippen LogP contribution < -0.4 is 0 Å². The van der Waals surface area contributed by atoms with E-state index in [2.05, 4.69) is 13.0 Å². The summed E-state index contributed by atoms with van der Waals surface area (Å²) in [6.07, 6.45) is 0.559. The lowest BCUT2D eigenvalue weighted by atomic mass is 9.50. The molecule has 0 bridgehead atoms. The number of aliphatic hydroxyl groups excluding tert-OH is 1. The summed E-state index contributed by atoms with van der Waals surface area (Å²) in [6, 6.07) is 2.27. The number of ether oxygens (including phenoxy) is 1. The summed E-state index contributed by atoms with van der Waals surface area (Å²) < 4.78 is 5.50. The Balaban J connectivity index is 2.21. The standard InChI is InChI=1S/C18H30N2O3/c1-16(2,3)23-15(22)20-8-7-13-17(4,5)14(21)12(10-19)9-18(13,6)11-20/h12-14,21H,7-9,11H2,1-6H3. The first-order valence-electron chi connectivity index (χ1n) is 8.46. The van der Waals surface area contributed by atoms with Gasteiger partial charge in [0.05, 0.1) is 18.1 Å². The summed E-state index contributed by atoms with van der Waals surface area (Å²) in [5.41, 5.74) is -1.00. The highest BCUT2D eigenvalue weighted by molar-refractivity contribution is 5.68. The first kappa shape index (κ1) is 18.1. The van der Waals surface area contributed by atoms with Crippen molar-refractivity contribution in [2.75, 3.05) is 13.1 Å². The summed E-state index contributed by atoms with van der Waals surface area (Å²) in [5, 5.41) is 20.0. The van der Waals surface area contributed by atoms with Crippen molar-refractivity contribution in [3.05, 3.63) is 0 Å². The van der Waals surface area contributed by atoms with E-state index >= 15 is 0 Å². The minimum atomic E-state index is -0.612. The summed E-state index contributed by atoms with van der Waals surface area (Å²) in [4.78, 5) is 14.2. The maximum absolute atomic E-state index is 12.4. The Morgan fingerprint density at radius 1 is 1.35 bits per heavy atom. The summed E-state index contributed by atoms with van der Waals surface area (Å²) in [5.74, 6) is -0.0990. The van der Waals surface area contributed by atoms with Gasteiger partial charge in [-0.1, -0.05) is 20.8 Å². The molecule has 1 saturated heterocycles. The molecule has 0 radical (unpaired) electrons. The van der Waals surface area contributed by atoms with E-state index in [1.165, 1.54) is 0 Å². The molecule has 4 atom stereocenters. The normalized spacial score (nSPS) is 36.8. The number of hydrogen-bond donors (Lipinski definition) is 1. The number of likely N-dealkylation sites (tertiary alicyclic amines) is 1. The third-order valence-electron chi connectivity index (χ3n) is 5.63. The Hall–Kier alpha value is -1.28. The molecule has 0 spiro atoms. The van der Waals surface area contributed by atoms with Crippen LogP contribution in [0.2, 0.25) is 0 Å². The zero-order chi connectivity index (χ0) is 17.6. The number of aliphatic hydroxyl groups is 1. The van der Waals surface area contributed by atoms with Crippen LogP contribution in [0.5, 0.6) is 0 Å². The highest BCUT2D eigenvalue weighted by atomic mass is 16.6. The second kappa shape index (κ2) is 5.66. The molecular formula is C18H30N2O3. The van der Waals surface area contributed by atoms with Gasteiger partial charge in [0, 0.05) is 13.1 Å². The van der Waals surface area contributed by atoms with Gasteiger partial charge < -0.3 is 14.7 Å². The topological polar surface area (TPSA) is 73.6 Å². The van der Waals surface area contributed by atoms with Crippen LogP contribution in [0.4, 0.5) is 4.79 Å². The Kier molecular flexibility index (Phi) is 4.45. The molecule has 0 aromatic rings. The second-order valence-corrected chi connectivity index (χ2v) is 9.10. The molecule has 1 aliphatic carbocycles. The number of hydrogen-bond acceptors (Lipinski definition) is 4. The number of piperidine rings is 1. The van der Waals surface area contributed by atoms with Gasteiger partial charge in [-0.05, 0) is 50.4 Å². The van der Waals surface area contributed by atoms with Gasteiger partial charge in [-0.25, -0.2) is 4.79 Å². The molecule has 23 heavy (non-hydrogen) atoms. The third kappa shape index (κ3) is 3.33. The van der Waals surface area contributed by atoms with Gasteiger partial charge in [0.25, 0.3) is 0 Å². The van der Waals surface area contributed by atoms with E-state index in [-0.39, 0.29) is 28.8 Å². The Bertz CT molecular complexity index is 517. The van der Waals surface area contributed by atoms with Crippen LogP contribution in [-0.2, 0) is 4.74 Å². The molecule has 2 aliphatic rings. The molecule has 5 heteroatoms. The van der Waals surface area contributed by atoms with Crippen LogP contribution in [0.15, 0.2) is 0 Å². The minimum Gasteiger partial charge on any atom is -0.444 e. The maximum atomic E-state index is 12.4. The molecule has 130 valence electrons. The molecule has 1 aliphatic heterocycles. The number of rotatable bonds is 0. The Morgan fingerprint density at radius 2 is 1.96 bits per heavy atom. The average Bonchev–Trinajstić information content (AvgIpc) is 2.40. The van der Waals surface area contributed by atoms with Gasteiger partial charge in [-0.3, -0.25) is 0 Å². The fourth-order valence-corrected chi connectivity index (χ4v) is 4.67. The molecule has 2 rings (SSSR count). The Labute approximate surface area is 139 Å². The van der Waals surface area contributed by atoms with Crippen LogP contribution in [0, 0.1) is 34.0 Å². The molecule has 1 N–H and O–H groups in total. The van der Waals surface area contributed by atoms with Crippen molar-refractivity contribution in [2.45, 2.75) is 66.1 Å². The summed E-state index contributed by atoms with van der Waals surface area (Å²) >= 11 is 0. The van der Waals surface area contributed by atoms with Crippen LogP contribution in [0.25, 0.3) is 0 Å². The molecule has 2 fully saturated rings. The molecule has 1 amide bonds. The quantitative estimate of drug-likeness (QED) is 0.743. The fraction of sp³-hybridized carbons (Fsp3) is 0.889. The number of fused-ring (bicyclic) bond motifs is 1. The van der Waals surface area contributed by atoms with Gasteiger partial charge >= 0.3 is 6.09 Å². The number of carbonyl (C=O) groups is 1.